The van der Waals surface area contributed by atoms with Crippen molar-refractivity contribution < 1.29 is 18.0 Å². The predicted octanol–water partition coefficient (Wildman–Crippen LogP) is 3.62. The summed E-state index contributed by atoms with van der Waals surface area (Å²) in [6.45, 7) is 1.82. The van der Waals surface area contributed by atoms with Crippen molar-refractivity contribution in [3.8, 4) is 0 Å². The Morgan fingerprint density at radius 2 is 1.78 bits per heavy atom. The first kappa shape index (κ1) is 19.7. The SMILES string of the molecule is Cc1ccc(S(=O)(=O)N2C(=O)CC[C@@H]2C(=O)Nc2ccc(Cl)c(Cl)c2)cc1. The van der Waals surface area contributed by atoms with Gasteiger partial charge < -0.3 is 5.32 Å². The number of hydrogen-bond donors (Lipinski definition) is 1. The van der Waals surface area contributed by atoms with Crippen LogP contribution in [0, 0.1) is 6.92 Å². The molecule has 6 nitrogen and oxygen atoms in total. The van der Waals surface area contributed by atoms with E-state index in [4.69, 9.17) is 23.2 Å². The number of hydrogen-bond acceptors (Lipinski definition) is 4. The summed E-state index contributed by atoms with van der Waals surface area (Å²) in [7, 11) is -4.13. The van der Waals surface area contributed by atoms with E-state index in [9.17, 15) is 18.0 Å². The topological polar surface area (TPSA) is 83.6 Å². The molecule has 0 aliphatic carbocycles. The van der Waals surface area contributed by atoms with Gasteiger partial charge in [-0.05, 0) is 43.7 Å². The molecule has 1 aliphatic rings. The molecule has 0 radical (unpaired) electrons. The molecule has 27 heavy (non-hydrogen) atoms. The zero-order valence-corrected chi connectivity index (χ0v) is 16.6. The number of sulfonamides is 1. The second-order valence-corrected chi connectivity index (χ2v) is 8.81. The van der Waals surface area contributed by atoms with Crippen LogP contribution in [-0.4, -0.2) is 30.6 Å². The predicted molar refractivity (Wildman–Crippen MR) is 103 cm³/mol. The van der Waals surface area contributed by atoms with Gasteiger partial charge in [-0.15, -0.1) is 0 Å². The van der Waals surface area contributed by atoms with Crippen molar-refractivity contribution in [2.75, 3.05) is 5.32 Å². The Hall–Kier alpha value is -2.09. The molecule has 1 fully saturated rings. The summed E-state index contributed by atoms with van der Waals surface area (Å²) < 4.78 is 26.5. The fraction of sp³-hybridized carbons (Fsp3) is 0.222. The molecule has 2 aromatic rings. The highest BCUT2D eigenvalue weighted by Gasteiger charge is 2.44. The quantitative estimate of drug-likeness (QED) is 0.808. The number of rotatable bonds is 4. The van der Waals surface area contributed by atoms with Crippen LogP contribution < -0.4 is 5.32 Å². The molecular formula is C18H16Cl2N2O4S. The lowest BCUT2D eigenvalue weighted by Gasteiger charge is -2.23. The van der Waals surface area contributed by atoms with Gasteiger partial charge in [0.2, 0.25) is 11.8 Å². The van der Waals surface area contributed by atoms with Gasteiger partial charge in [-0.25, -0.2) is 12.7 Å². The number of nitrogens with one attached hydrogen (secondary N) is 1. The minimum absolute atomic E-state index is 0.0233. The maximum absolute atomic E-state index is 12.9. The summed E-state index contributed by atoms with van der Waals surface area (Å²) in [5.74, 6) is -1.21. The molecule has 0 bridgehead atoms. The molecule has 142 valence electrons. The van der Waals surface area contributed by atoms with Gasteiger partial charge in [0.15, 0.2) is 0 Å². The van der Waals surface area contributed by atoms with E-state index in [2.05, 4.69) is 5.32 Å². The van der Waals surface area contributed by atoms with Crippen molar-refractivity contribution in [1.29, 1.82) is 0 Å². The lowest BCUT2D eigenvalue weighted by atomic mass is 10.2. The first-order chi connectivity index (χ1) is 12.7. The van der Waals surface area contributed by atoms with Crippen LogP contribution in [0.3, 0.4) is 0 Å². The van der Waals surface area contributed by atoms with Crippen molar-refractivity contribution in [3.05, 3.63) is 58.1 Å². The lowest BCUT2D eigenvalue weighted by Crippen LogP contribution is -2.45. The summed E-state index contributed by atoms with van der Waals surface area (Å²) in [6, 6.07) is 9.50. The van der Waals surface area contributed by atoms with E-state index < -0.39 is 27.9 Å². The Balaban J connectivity index is 1.88. The Kier molecular flexibility index (Phi) is 5.46. The van der Waals surface area contributed by atoms with Crippen LogP contribution in [0.5, 0.6) is 0 Å². The van der Waals surface area contributed by atoms with Crippen molar-refractivity contribution in [3.63, 3.8) is 0 Å². The normalized spacial score (nSPS) is 17.2. The summed E-state index contributed by atoms with van der Waals surface area (Å²) in [4.78, 5) is 24.9. The molecule has 0 unspecified atom stereocenters. The van der Waals surface area contributed by atoms with Crippen molar-refractivity contribution in [1.82, 2.24) is 4.31 Å². The van der Waals surface area contributed by atoms with Gasteiger partial charge >= 0.3 is 0 Å². The van der Waals surface area contributed by atoms with E-state index in [1.54, 1.807) is 18.2 Å². The number of benzene rings is 2. The highest BCUT2D eigenvalue weighted by atomic mass is 35.5. The van der Waals surface area contributed by atoms with Crippen LogP contribution in [0.4, 0.5) is 5.69 Å². The molecule has 0 saturated carbocycles. The van der Waals surface area contributed by atoms with E-state index in [-0.39, 0.29) is 22.8 Å². The van der Waals surface area contributed by atoms with Gasteiger partial charge in [0.1, 0.15) is 6.04 Å². The zero-order chi connectivity index (χ0) is 19.8. The standard InChI is InChI=1S/C18H16Cl2N2O4S/c1-11-2-5-13(6-3-11)27(25,26)22-16(8-9-17(22)23)18(24)21-12-4-7-14(19)15(20)10-12/h2-7,10,16H,8-9H2,1H3,(H,21,24)/t16-/m1/s1. The third kappa shape index (κ3) is 3.95. The van der Waals surface area contributed by atoms with Gasteiger partial charge in [0, 0.05) is 12.1 Å². The van der Waals surface area contributed by atoms with Gasteiger partial charge in [0.25, 0.3) is 10.0 Å². The van der Waals surface area contributed by atoms with Crippen LogP contribution in [0.2, 0.25) is 10.0 Å². The van der Waals surface area contributed by atoms with E-state index in [1.807, 2.05) is 6.92 Å². The maximum Gasteiger partial charge on any atom is 0.267 e. The minimum Gasteiger partial charge on any atom is -0.324 e. The second kappa shape index (κ2) is 7.50. The molecule has 2 aromatic carbocycles. The molecule has 1 atom stereocenters. The third-order valence-electron chi connectivity index (χ3n) is 4.23. The van der Waals surface area contributed by atoms with Gasteiger partial charge in [-0.1, -0.05) is 40.9 Å². The maximum atomic E-state index is 12.9. The van der Waals surface area contributed by atoms with Crippen molar-refractivity contribution in [2.45, 2.75) is 30.7 Å². The Labute approximate surface area is 167 Å². The highest BCUT2D eigenvalue weighted by molar-refractivity contribution is 7.89. The molecule has 0 spiro atoms. The number of aryl methyl sites for hydroxylation is 1. The van der Waals surface area contributed by atoms with Gasteiger partial charge in [0.05, 0.1) is 14.9 Å². The number of halogens is 2. The smallest absolute Gasteiger partial charge is 0.267 e. The fourth-order valence-corrected chi connectivity index (χ4v) is 4.72. The molecule has 1 aliphatic heterocycles. The van der Waals surface area contributed by atoms with Crippen LogP contribution in [0.1, 0.15) is 18.4 Å². The van der Waals surface area contributed by atoms with Crippen molar-refractivity contribution >= 4 is 50.7 Å². The first-order valence-corrected chi connectivity index (χ1v) is 10.3. The van der Waals surface area contributed by atoms with E-state index >= 15 is 0 Å². The van der Waals surface area contributed by atoms with Crippen LogP contribution in [0.15, 0.2) is 47.4 Å². The summed E-state index contributed by atoms with van der Waals surface area (Å²) in [6.07, 6.45) is 0.0850. The first-order valence-electron chi connectivity index (χ1n) is 8.10. The minimum atomic E-state index is -4.13. The number of carbonyl (C=O) groups is 2. The van der Waals surface area contributed by atoms with Gasteiger partial charge in [-0.2, -0.15) is 0 Å². The number of anilines is 1. The fourth-order valence-electron chi connectivity index (χ4n) is 2.82. The molecule has 1 saturated heterocycles. The molecule has 0 aromatic heterocycles. The number of amides is 2. The largest absolute Gasteiger partial charge is 0.324 e. The second-order valence-electron chi connectivity index (χ2n) is 6.18. The van der Waals surface area contributed by atoms with Crippen LogP contribution in [0.25, 0.3) is 0 Å². The zero-order valence-electron chi connectivity index (χ0n) is 14.3. The molecule has 2 amide bonds. The number of carbonyl (C=O) groups excluding carboxylic acids is 2. The van der Waals surface area contributed by atoms with E-state index in [0.29, 0.717) is 15.0 Å². The molecule has 1 N–H and O–H groups in total. The monoisotopic (exact) mass is 426 g/mol. The Bertz CT molecular complexity index is 1010. The molecule has 9 heteroatoms. The average molecular weight is 427 g/mol. The Morgan fingerprint density at radius 1 is 1.11 bits per heavy atom. The van der Waals surface area contributed by atoms with E-state index in [0.717, 1.165) is 5.56 Å². The average Bonchev–Trinajstić information content (AvgIpc) is 3.01. The summed E-state index contributed by atoms with van der Waals surface area (Å²) in [5.41, 5.74) is 1.25. The van der Waals surface area contributed by atoms with E-state index in [1.165, 1.54) is 24.3 Å². The van der Waals surface area contributed by atoms with Crippen LogP contribution >= 0.6 is 23.2 Å². The lowest BCUT2D eigenvalue weighted by molar-refractivity contribution is -0.128. The van der Waals surface area contributed by atoms with Crippen LogP contribution in [-0.2, 0) is 19.6 Å². The van der Waals surface area contributed by atoms with Crippen molar-refractivity contribution in [2.24, 2.45) is 0 Å². The van der Waals surface area contributed by atoms with Gasteiger partial charge in [-0.3, -0.25) is 9.59 Å². The summed E-state index contributed by atoms with van der Waals surface area (Å²) >= 11 is 11.8. The Morgan fingerprint density at radius 3 is 2.41 bits per heavy atom. The summed E-state index contributed by atoms with van der Waals surface area (Å²) in [5, 5.41) is 3.17. The molecule has 1 heterocycles. The molecular weight excluding hydrogens is 411 g/mol. The highest BCUT2D eigenvalue weighted by Crippen LogP contribution is 2.29. The molecule has 3 rings (SSSR count). The number of nitrogens with zero attached hydrogens (tertiary/aromatic N) is 1. The third-order valence-corrected chi connectivity index (χ3v) is 6.81.